The van der Waals surface area contributed by atoms with Gasteiger partial charge in [0.25, 0.3) is 0 Å². The molecule has 84 valence electrons. The summed E-state index contributed by atoms with van der Waals surface area (Å²) in [7, 11) is 0. The summed E-state index contributed by atoms with van der Waals surface area (Å²) >= 11 is 0. The van der Waals surface area contributed by atoms with Crippen LogP contribution in [0.1, 0.15) is 59.8 Å². The first-order chi connectivity index (χ1) is 6.97. The average Bonchev–Trinajstić information content (AvgIpc) is 2.15. The smallest absolute Gasteiger partial charge is 0.0175 e. The number of terminal acetylenes is 1. The molecule has 0 nitrogen and oxygen atoms in total. The van der Waals surface area contributed by atoms with Gasteiger partial charge in [0.15, 0.2) is 0 Å². The fourth-order valence-corrected chi connectivity index (χ4v) is 2.67. The first-order valence-corrected chi connectivity index (χ1v) is 6.12. The van der Waals surface area contributed by atoms with Gasteiger partial charge in [0.2, 0.25) is 0 Å². The minimum absolute atomic E-state index is 0.413. The molecule has 0 aromatic heterocycles. The molecule has 0 aromatic rings. The molecule has 1 atom stereocenters. The average molecular weight is 204 g/mol. The Morgan fingerprint density at radius 1 is 1.47 bits per heavy atom. The van der Waals surface area contributed by atoms with E-state index in [1.54, 1.807) is 11.1 Å². The zero-order chi connectivity index (χ0) is 11.5. The van der Waals surface area contributed by atoms with Crippen LogP contribution < -0.4 is 0 Å². The van der Waals surface area contributed by atoms with Crippen LogP contribution >= 0.6 is 0 Å². The summed E-state index contributed by atoms with van der Waals surface area (Å²) in [6, 6.07) is 0. The number of rotatable bonds is 3. The zero-order valence-corrected chi connectivity index (χ0v) is 10.7. The summed E-state index contributed by atoms with van der Waals surface area (Å²) in [5.41, 5.74) is 3.71. The quantitative estimate of drug-likeness (QED) is 0.467. The van der Waals surface area contributed by atoms with Crippen molar-refractivity contribution in [2.24, 2.45) is 11.3 Å². The lowest BCUT2D eigenvalue weighted by atomic mass is 9.71. The van der Waals surface area contributed by atoms with Crippen molar-refractivity contribution in [1.29, 1.82) is 0 Å². The summed E-state index contributed by atoms with van der Waals surface area (Å²) in [5, 5.41) is 0. The van der Waals surface area contributed by atoms with Crippen LogP contribution in [-0.2, 0) is 0 Å². The van der Waals surface area contributed by atoms with E-state index in [1.165, 1.54) is 25.7 Å². The lowest BCUT2D eigenvalue weighted by Gasteiger charge is -2.35. The van der Waals surface area contributed by atoms with Crippen molar-refractivity contribution < 1.29 is 0 Å². The first-order valence-electron chi connectivity index (χ1n) is 6.12. The highest BCUT2D eigenvalue weighted by atomic mass is 14.3. The second-order valence-corrected chi connectivity index (χ2v) is 5.60. The molecule has 0 aromatic carbocycles. The van der Waals surface area contributed by atoms with Crippen molar-refractivity contribution in [3.63, 3.8) is 0 Å². The lowest BCUT2D eigenvalue weighted by molar-refractivity contribution is 0.349. The second kappa shape index (κ2) is 4.88. The van der Waals surface area contributed by atoms with Gasteiger partial charge in [0, 0.05) is 5.92 Å². The van der Waals surface area contributed by atoms with Crippen LogP contribution in [0, 0.1) is 23.7 Å². The molecular formula is C15H24. The van der Waals surface area contributed by atoms with Crippen LogP contribution in [0.5, 0.6) is 0 Å². The van der Waals surface area contributed by atoms with Crippen LogP contribution in [0.2, 0.25) is 0 Å². The number of hydrogen-bond acceptors (Lipinski definition) is 0. The zero-order valence-electron chi connectivity index (χ0n) is 10.7. The van der Waals surface area contributed by atoms with E-state index in [9.17, 15) is 0 Å². The normalized spacial score (nSPS) is 22.3. The van der Waals surface area contributed by atoms with Gasteiger partial charge in [0.1, 0.15) is 0 Å². The SMILES string of the molecule is C#CC(C)CCC1=C(C)CCCC1(C)C. The molecule has 15 heavy (non-hydrogen) atoms. The highest BCUT2D eigenvalue weighted by Crippen LogP contribution is 2.42. The van der Waals surface area contributed by atoms with E-state index in [-0.39, 0.29) is 0 Å². The van der Waals surface area contributed by atoms with Crippen LogP contribution in [-0.4, -0.2) is 0 Å². The Bertz CT molecular complexity index is 286. The molecule has 1 unspecified atom stereocenters. The van der Waals surface area contributed by atoms with Gasteiger partial charge < -0.3 is 0 Å². The Labute approximate surface area is 95.2 Å². The maximum Gasteiger partial charge on any atom is 0.0175 e. The van der Waals surface area contributed by atoms with Crippen LogP contribution in [0.3, 0.4) is 0 Å². The predicted molar refractivity (Wildman–Crippen MR) is 67.6 cm³/mol. The molecule has 0 heterocycles. The summed E-state index contributed by atoms with van der Waals surface area (Å²) in [5.74, 6) is 3.24. The summed E-state index contributed by atoms with van der Waals surface area (Å²) < 4.78 is 0. The third-order valence-electron chi connectivity index (χ3n) is 3.80. The van der Waals surface area contributed by atoms with Crippen molar-refractivity contribution in [3.05, 3.63) is 11.1 Å². The van der Waals surface area contributed by atoms with Crippen LogP contribution in [0.4, 0.5) is 0 Å². The third kappa shape index (κ3) is 3.13. The molecule has 0 spiro atoms. The monoisotopic (exact) mass is 204 g/mol. The number of hydrogen-bond donors (Lipinski definition) is 0. The minimum atomic E-state index is 0.413. The maximum absolute atomic E-state index is 5.42. The summed E-state index contributed by atoms with van der Waals surface area (Å²) in [6.45, 7) is 9.21. The lowest BCUT2D eigenvalue weighted by Crippen LogP contribution is -2.20. The van der Waals surface area contributed by atoms with Gasteiger partial charge in [-0.3, -0.25) is 0 Å². The summed E-state index contributed by atoms with van der Waals surface area (Å²) in [4.78, 5) is 0. The fourth-order valence-electron chi connectivity index (χ4n) is 2.67. The molecular weight excluding hydrogens is 180 g/mol. The molecule has 0 fully saturated rings. The van der Waals surface area contributed by atoms with Gasteiger partial charge in [-0.15, -0.1) is 12.3 Å². The molecule has 1 rings (SSSR count). The Hall–Kier alpha value is -0.700. The van der Waals surface area contributed by atoms with E-state index in [4.69, 9.17) is 6.42 Å². The third-order valence-corrected chi connectivity index (χ3v) is 3.80. The molecule has 1 aliphatic rings. The van der Waals surface area contributed by atoms with Gasteiger partial charge in [-0.25, -0.2) is 0 Å². The van der Waals surface area contributed by atoms with Crippen molar-refractivity contribution in [2.75, 3.05) is 0 Å². The maximum atomic E-state index is 5.42. The molecule has 0 saturated carbocycles. The highest BCUT2D eigenvalue weighted by molar-refractivity contribution is 5.22. The van der Waals surface area contributed by atoms with Gasteiger partial charge in [-0.1, -0.05) is 31.9 Å². The van der Waals surface area contributed by atoms with E-state index >= 15 is 0 Å². The van der Waals surface area contributed by atoms with E-state index in [0.29, 0.717) is 11.3 Å². The molecule has 0 heteroatoms. The number of allylic oxidation sites excluding steroid dienone is 2. The molecule has 0 N–H and O–H groups in total. The van der Waals surface area contributed by atoms with Crippen molar-refractivity contribution in [2.45, 2.75) is 59.8 Å². The van der Waals surface area contributed by atoms with E-state index in [2.05, 4.69) is 33.6 Å². The molecule has 0 aliphatic heterocycles. The van der Waals surface area contributed by atoms with E-state index in [1.807, 2.05) is 0 Å². The largest absolute Gasteiger partial charge is 0.120 e. The summed E-state index contributed by atoms with van der Waals surface area (Å²) in [6.07, 6.45) is 11.8. The molecule has 0 amide bonds. The fraction of sp³-hybridized carbons (Fsp3) is 0.733. The topological polar surface area (TPSA) is 0 Å². The van der Waals surface area contributed by atoms with Gasteiger partial charge in [-0.05, 0) is 44.4 Å². The van der Waals surface area contributed by atoms with Crippen molar-refractivity contribution >= 4 is 0 Å². The molecule has 1 aliphatic carbocycles. The van der Waals surface area contributed by atoms with Gasteiger partial charge >= 0.3 is 0 Å². The minimum Gasteiger partial charge on any atom is -0.120 e. The van der Waals surface area contributed by atoms with Crippen molar-refractivity contribution in [1.82, 2.24) is 0 Å². The molecule has 0 saturated heterocycles. The van der Waals surface area contributed by atoms with E-state index in [0.717, 1.165) is 6.42 Å². The standard InChI is InChI=1S/C15H24/c1-6-12(2)9-10-14-13(3)8-7-11-15(14,4)5/h1,12H,7-11H2,2-5H3. The van der Waals surface area contributed by atoms with Gasteiger partial charge in [-0.2, -0.15) is 0 Å². The second-order valence-electron chi connectivity index (χ2n) is 5.60. The Morgan fingerprint density at radius 3 is 2.67 bits per heavy atom. The van der Waals surface area contributed by atoms with Gasteiger partial charge in [0.05, 0.1) is 0 Å². The van der Waals surface area contributed by atoms with E-state index < -0.39 is 0 Å². The molecule has 0 bridgehead atoms. The van der Waals surface area contributed by atoms with Crippen LogP contribution in [0.25, 0.3) is 0 Å². The Morgan fingerprint density at radius 2 is 2.13 bits per heavy atom. The Kier molecular flexibility index (Phi) is 4.03. The van der Waals surface area contributed by atoms with Crippen LogP contribution in [0.15, 0.2) is 11.1 Å². The first kappa shape index (κ1) is 12.4. The molecule has 0 radical (unpaired) electrons. The Balaban J connectivity index is 2.69. The highest BCUT2D eigenvalue weighted by Gasteiger charge is 2.27. The predicted octanol–water partition coefficient (Wildman–Crippen LogP) is 4.56. The van der Waals surface area contributed by atoms with Crippen molar-refractivity contribution in [3.8, 4) is 12.3 Å².